The minimum atomic E-state index is -0.103. The molecule has 0 aromatic carbocycles. The van der Waals surface area contributed by atoms with Crippen LogP contribution in [-0.2, 0) is 4.79 Å². The largest absolute Gasteiger partial charge is 0.504 e. The summed E-state index contributed by atoms with van der Waals surface area (Å²) in [6, 6.07) is 3.22. The number of pyridine rings is 1. The number of anilines is 1. The maximum atomic E-state index is 11.9. The summed E-state index contributed by atoms with van der Waals surface area (Å²) in [6.07, 6.45) is 5.06. The summed E-state index contributed by atoms with van der Waals surface area (Å²) < 4.78 is 0. The molecule has 1 saturated carbocycles. The summed E-state index contributed by atoms with van der Waals surface area (Å²) in [6.45, 7) is 0. The Bertz CT molecular complexity index is 414. The number of rotatable bonds is 2. The van der Waals surface area contributed by atoms with Crippen LogP contribution in [-0.4, -0.2) is 22.0 Å². The fraction of sp³-hybridized carbons (Fsp3) is 0.500. The lowest BCUT2D eigenvalue weighted by Crippen LogP contribution is -2.34. The molecule has 0 aliphatic heterocycles. The molecule has 1 aromatic rings. The van der Waals surface area contributed by atoms with E-state index in [4.69, 9.17) is 5.73 Å². The van der Waals surface area contributed by atoms with E-state index in [1.807, 2.05) is 0 Å². The quantitative estimate of drug-likeness (QED) is 0.763. The van der Waals surface area contributed by atoms with Crippen LogP contribution in [0.2, 0.25) is 0 Å². The predicted molar refractivity (Wildman–Crippen MR) is 71.7 cm³/mol. The molecule has 2 unspecified atom stereocenters. The van der Waals surface area contributed by atoms with E-state index in [0.717, 1.165) is 19.3 Å². The van der Waals surface area contributed by atoms with Gasteiger partial charge in [0.1, 0.15) is 0 Å². The highest BCUT2D eigenvalue weighted by molar-refractivity contribution is 5.92. The van der Waals surface area contributed by atoms with Crippen molar-refractivity contribution in [2.45, 2.75) is 31.7 Å². The zero-order valence-corrected chi connectivity index (χ0v) is 10.8. The second-order valence-corrected chi connectivity index (χ2v) is 4.48. The molecule has 1 fully saturated rings. The van der Waals surface area contributed by atoms with E-state index in [1.54, 1.807) is 6.07 Å². The molecule has 2 atom stereocenters. The Morgan fingerprint density at radius 1 is 1.50 bits per heavy atom. The number of carbonyl (C=O) groups excluding carboxylic acids is 1. The Hall–Kier alpha value is -1.33. The number of nitrogens with zero attached hydrogens (tertiary/aromatic N) is 1. The lowest BCUT2D eigenvalue weighted by Gasteiger charge is -2.25. The van der Waals surface area contributed by atoms with E-state index in [2.05, 4.69) is 10.3 Å². The molecule has 1 aliphatic carbocycles. The van der Waals surface area contributed by atoms with Crippen LogP contribution in [0.4, 0.5) is 5.82 Å². The zero-order valence-electron chi connectivity index (χ0n) is 10.0. The molecule has 6 heteroatoms. The van der Waals surface area contributed by atoms with Gasteiger partial charge in [-0.05, 0) is 31.4 Å². The Morgan fingerprint density at radius 2 is 2.28 bits per heavy atom. The lowest BCUT2D eigenvalue weighted by atomic mass is 9.85. The third-order valence-corrected chi connectivity index (χ3v) is 3.11. The molecule has 2 rings (SSSR count). The summed E-state index contributed by atoms with van der Waals surface area (Å²) >= 11 is 0. The highest BCUT2D eigenvalue weighted by Gasteiger charge is 2.25. The number of aromatic hydroxyl groups is 1. The van der Waals surface area contributed by atoms with Gasteiger partial charge in [0.2, 0.25) is 5.91 Å². The first-order chi connectivity index (χ1) is 8.16. The Kier molecular flexibility index (Phi) is 5.37. The number of hydrogen-bond acceptors (Lipinski definition) is 4. The van der Waals surface area contributed by atoms with Crippen molar-refractivity contribution in [1.82, 2.24) is 4.98 Å². The number of nitrogens with two attached hydrogens (primary N) is 1. The molecule has 1 aliphatic rings. The Labute approximate surface area is 112 Å². The molecule has 1 heterocycles. The van der Waals surface area contributed by atoms with Crippen molar-refractivity contribution in [2.24, 2.45) is 11.7 Å². The summed E-state index contributed by atoms with van der Waals surface area (Å²) in [5.41, 5.74) is 5.84. The summed E-state index contributed by atoms with van der Waals surface area (Å²) in [5, 5.41) is 12.2. The van der Waals surface area contributed by atoms with Crippen LogP contribution in [0.25, 0.3) is 0 Å². The standard InChI is InChI=1S/C12H17N3O2.ClH/c13-9-4-1-3-8(7-9)12(17)15-11-10(16)5-2-6-14-11;/h2,5-6,8-9,16H,1,3-4,7,13H2,(H,14,15,17);1H. The average Bonchev–Trinajstić information content (AvgIpc) is 2.32. The van der Waals surface area contributed by atoms with Gasteiger partial charge in [-0.2, -0.15) is 0 Å². The smallest absolute Gasteiger partial charge is 0.228 e. The Morgan fingerprint density at radius 3 is 2.94 bits per heavy atom. The van der Waals surface area contributed by atoms with Gasteiger partial charge in [-0.3, -0.25) is 4.79 Å². The topological polar surface area (TPSA) is 88.2 Å². The van der Waals surface area contributed by atoms with Gasteiger partial charge in [0.25, 0.3) is 0 Å². The molecule has 1 aromatic heterocycles. The monoisotopic (exact) mass is 271 g/mol. The maximum absolute atomic E-state index is 11.9. The van der Waals surface area contributed by atoms with Gasteiger partial charge in [-0.25, -0.2) is 4.98 Å². The third kappa shape index (κ3) is 3.58. The van der Waals surface area contributed by atoms with Gasteiger partial charge in [0, 0.05) is 18.2 Å². The van der Waals surface area contributed by atoms with E-state index in [-0.39, 0.29) is 41.8 Å². The first-order valence-corrected chi connectivity index (χ1v) is 5.87. The van der Waals surface area contributed by atoms with Crippen LogP contribution in [0.5, 0.6) is 5.75 Å². The van der Waals surface area contributed by atoms with Crippen molar-refractivity contribution in [1.29, 1.82) is 0 Å². The third-order valence-electron chi connectivity index (χ3n) is 3.11. The fourth-order valence-corrected chi connectivity index (χ4v) is 2.18. The van der Waals surface area contributed by atoms with Crippen LogP contribution >= 0.6 is 12.4 Å². The van der Waals surface area contributed by atoms with E-state index >= 15 is 0 Å². The summed E-state index contributed by atoms with van der Waals surface area (Å²) in [7, 11) is 0. The second-order valence-electron chi connectivity index (χ2n) is 4.48. The van der Waals surface area contributed by atoms with Crippen molar-refractivity contribution in [2.75, 3.05) is 5.32 Å². The van der Waals surface area contributed by atoms with Crippen LogP contribution < -0.4 is 11.1 Å². The molecular formula is C12H18ClN3O2. The van der Waals surface area contributed by atoms with Crippen molar-refractivity contribution < 1.29 is 9.90 Å². The van der Waals surface area contributed by atoms with Gasteiger partial charge in [-0.15, -0.1) is 12.4 Å². The highest BCUT2D eigenvalue weighted by Crippen LogP contribution is 2.26. The van der Waals surface area contributed by atoms with Gasteiger partial charge >= 0.3 is 0 Å². The highest BCUT2D eigenvalue weighted by atomic mass is 35.5. The lowest BCUT2D eigenvalue weighted by molar-refractivity contribution is -0.120. The molecule has 0 saturated heterocycles. The first kappa shape index (κ1) is 14.7. The molecule has 0 radical (unpaired) electrons. The van der Waals surface area contributed by atoms with Crippen LogP contribution in [0.3, 0.4) is 0 Å². The maximum Gasteiger partial charge on any atom is 0.228 e. The fourth-order valence-electron chi connectivity index (χ4n) is 2.18. The molecule has 0 bridgehead atoms. The molecule has 100 valence electrons. The van der Waals surface area contributed by atoms with Crippen LogP contribution in [0, 0.1) is 5.92 Å². The summed E-state index contributed by atoms with van der Waals surface area (Å²) in [4.78, 5) is 15.9. The molecule has 0 spiro atoms. The normalized spacial score (nSPS) is 22.9. The van der Waals surface area contributed by atoms with Crippen LogP contribution in [0.1, 0.15) is 25.7 Å². The number of nitrogens with one attached hydrogen (secondary N) is 1. The van der Waals surface area contributed by atoms with Crippen LogP contribution in [0.15, 0.2) is 18.3 Å². The zero-order chi connectivity index (χ0) is 12.3. The molecule has 1 amide bonds. The van der Waals surface area contributed by atoms with Crippen molar-refractivity contribution in [3.8, 4) is 5.75 Å². The number of halogens is 1. The van der Waals surface area contributed by atoms with Gasteiger partial charge in [0.15, 0.2) is 11.6 Å². The predicted octanol–water partition coefficient (Wildman–Crippen LogP) is 1.66. The first-order valence-electron chi connectivity index (χ1n) is 5.87. The number of amides is 1. The van der Waals surface area contributed by atoms with E-state index < -0.39 is 0 Å². The van der Waals surface area contributed by atoms with E-state index in [9.17, 15) is 9.90 Å². The minimum absolute atomic E-state index is 0. The van der Waals surface area contributed by atoms with Crippen molar-refractivity contribution in [3.05, 3.63) is 18.3 Å². The molecule has 18 heavy (non-hydrogen) atoms. The number of carbonyl (C=O) groups is 1. The number of aromatic nitrogens is 1. The summed E-state index contributed by atoms with van der Waals surface area (Å²) in [5.74, 6) is 0.0342. The van der Waals surface area contributed by atoms with Gasteiger partial charge in [0.05, 0.1) is 0 Å². The van der Waals surface area contributed by atoms with Crippen molar-refractivity contribution >= 4 is 24.1 Å². The number of hydrogen-bond donors (Lipinski definition) is 3. The van der Waals surface area contributed by atoms with Gasteiger partial charge < -0.3 is 16.2 Å². The average molecular weight is 272 g/mol. The second kappa shape index (κ2) is 6.56. The molecule has 5 nitrogen and oxygen atoms in total. The van der Waals surface area contributed by atoms with E-state index in [1.165, 1.54) is 12.3 Å². The van der Waals surface area contributed by atoms with Gasteiger partial charge in [-0.1, -0.05) is 6.42 Å². The Balaban J connectivity index is 0.00000162. The van der Waals surface area contributed by atoms with Crippen molar-refractivity contribution in [3.63, 3.8) is 0 Å². The minimum Gasteiger partial charge on any atom is -0.504 e. The molecule has 4 N–H and O–H groups in total. The molecular weight excluding hydrogens is 254 g/mol. The van der Waals surface area contributed by atoms with E-state index in [0.29, 0.717) is 6.42 Å². The SMILES string of the molecule is Cl.NC1CCCC(C(=O)Nc2ncccc2O)C1.